The molecule has 9 heteroatoms. The average Bonchev–Trinajstić information content (AvgIpc) is 2.83. The Morgan fingerprint density at radius 1 is 1.38 bits per heavy atom. The van der Waals surface area contributed by atoms with E-state index in [4.69, 9.17) is 11.6 Å². The minimum Gasteiger partial charge on any atom is -0.618 e. The number of hydrogen-bond donors (Lipinski definition) is 1. The van der Waals surface area contributed by atoms with E-state index in [2.05, 4.69) is 0 Å². The van der Waals surface area contributed by atoms with E-state index in [0.29, 0.717) is 0 Å². The van der Waals surface area contributed by atoms with Crippen LogP contribution in [0.3, 0.4) is 0 Å². The van der Waals surface area contributed by atoms with Crippen molar-refractivity contribution >= 4 is 17.6 Å². The van der Waals surface area contributed by atoms with Gasteiger partial charge in [0, 0.05) is 5.56 Å². The minimum absolute atomic E-state index is 0. The van der Waals surface area contributed by atoms with Crippen LogP contribution in [0.2, 0.25) is 5.02 Å². The van der Waals surface area contributed by atoms with Crippen molar-refractivity contribution in [2.24, 2.45) is 0 Å². The molecule has 1 N–H and O–H groups in total. The molecule has 0 radical (unpaired) electrons. The van der Waals surface area contributed by atoms with Crippen molar-refractivity contribution in [1.29, 1.82) is 0 Å². The number of hydrogen-bond acceptors (Lipinski definition) is 4. The van der Waals surface area contributed by atoms with Crippen molar-refractivity contribution < 1.29 is 47.4 Å². The van der Waals surface area contributed by atoms with Crippen LogP contribution in [0.25, 0.3) is 11.1 Å². The van der Waals surface area contributed by atoms with Gasteiger partial charge in [-0.1, -0.05) is 11.6 Å². The molecular formula is C15H9ClF2LiNO4. The molecule has 1 unspecified atom stereocenters. The number of fused-ring (bicyclic) bond motifs is 1. The normalized spacial score (nSPS) is 18.8. The summed E-state index contributed by atoms with van der Waals surface area (Å²) in [5.41, 5.74) is -3.22. The third-order valence-corrected chi connectivity index (χ3v) is 4.22. The van der Waals surface area contributed by atoms with Crippen LogP contribution in [-0.2, 0) is 16.8 Å². The SMILES string of the molecule is O=C([O-])C1(O)CCc2cc(-c3c(F)ccc(Cl)c3F)c[n+]([O-])c21.[Li+]. The number of carboxylic acid groups (broad SMARTS) is 1. The number of rotatable bonds is 2. The van der Waals surface area contributed by atoms with Crippen LogP contribution in [-0.4, -0.2) is 11.1 Å². The molecule has 1 aliphatic rings. The number of aryl methyl sites for hydroxylation is 1. The van der Waals surface area contributed by atoms with Gasteiger partial charge >= 0.3 is 18.9 Å². The topological polar surface area (TPSA) is 87.3 Å². The van der Waals surface area contributed by atoms with E-state index in [1.54, 1.807) is 0 Å². The number of carbonyl (C=O) groups excluding carboxylic acids is 1. The molecule has 0 saturated heterocycles. The molecule has 1 heterocycles. The van der Waals surface area contributed by atoms with E-state index in [1.165, 1.54) is 6.07 Å². The Balaban J connectivity index is 0.00000208. The summed E-state index contributed by atoms with van der Waals surface area (Å²) in [6.07, 6.45) is 0.604. The number of aliphatic carboxylic acids is 1. The predicted molar refractivity (Wildman–Crippen MR) is 73.0 cm³/mol. The molecule has 3 rings (SSSR count). The van der Waals surface area contributed by atoms with Crippen LogP contribution in [0.5, 0.6) is 0 Å². The molecule has 0 bridgehead atoms. The monoisotopic (exact) mass is 347 g/mol. The van der Waals surface area contributed by atoms with E-state index >= 15 is 0 Å². The molecule has 120 valence electrons. The first-order valence-electron chi connectivity index (χ1n) is 6.60. The molecule has 0 spiro atoms. The fourth-order valence-electron chi connectivity index (χ4n) is 2.83. The smallest absolute Gasteiger partial charge is 0.618 e. The zero-order chi connectivity index (χ0) is 16.9. The fraction of sp³-hybridized carbons (Fsp3) is 0.200. The first-order chi connectivity index (χ1) is 10.8. The van der Waals surface area contributed by atoms with Crippen LogP contribution >= 0.6 is 11.6 Å². The van der Waals surface area contributed by atoms with Crippen molar-refractivity contribution in [3.8, 4) is 11.1 Å². The van der Waals surface area contributed by atoms with E-state index in [-0.39, 0.29) is 52.6 Å². The van der Waals surface area contributed by atoms with Gasteiger partial charge in [-0.05, 0) is 31.0 Å². The quantitative estimate of drug-likeness (QED) is 0.289. The van der Waals surface area contributed by atoms with Gasteiger partial charge in [0.05, 0.1) is 22.1 Å². The molecule has 0 amide bonds. The van der Waals surface area contributed by atoms with Crippen molar-refractivity contribution in [3.05, 3.63) is 57.5 Å². The Morgan fingerprint density at radius 2 is 2.04 bits per heavy atom. The summed E-state index contributed by atoms with van der Waals surface area (Å²) >= 11 is 5.63. The number of carbonyl (C=O) groups is 1. The maximum absolute atomic E-state index is 14.1. The van der Waals surface area contributed by atoms with E-state index < -0.39 is 34.5 Å². The van der Waals surface area contributed by atoms with Crippen LogP contribution in [0, 0.1) is 16.8 Å². The summed E-state index contributed by atoms with van der Waals surface area (Å²) in [7, 11) is 0. The maximum Gasteiger partial charge on any atom is 1.00 e. The Kier molecular flexibility index (Phi) is 4.93. The molecule has 5 nitrogen and oxygen atoms in total. The number of aromatic nitrogens is 1. The summed E-state index contributed by atoms with van der Waals surface area (Å²) < 4.78 is 28.1. The zero-order valence-electron chi connectivity index (χ0n) is 12.5. The summed E-state index contributed by atoms with van der Waals surface area (Å²) in [6, 6.07) is 3.27. The van der Waals surface area contributed by atoms with Crippen molar-refractivity contribution in [3.63, 3.8) is 0 Å². The second-order valence-corrected chi connectivity index (χ2v) is 5.70. The van der Waals surface area contributed by atoms with Gasteiger partial charge in [-0.15, -0.1) is 0 Å². The standard InChI is InChI=1S/C15H10ClF2NO4.Li/c16-9-1-2-10(17)11(12(9)18)8-5-7-3-4-15(22,14(20)21)13(7)19(23)6-8;/h1-2,5-6,22H,3-4H2,(H,20,21);/q;+1/p-1. The van der Waals surface area contributed by atoms with E-state index in [1.807, 2.05) is 0 Å². The van der Waals surface area contributed by atoms with Crippen molar-refractivity contribution in [1.82, 2.24) is 0 Å². The molecule has 0 fully saturated rings. The summed E-state index contributed by atoms with van der Waals surface area (Å²) in [6.45, 7) is 0. The Bertz CT molecular complexity index is 849. The van der Waals surface area contributed by atoms with Gasteiger partial charge in [-0.25, -0.2) is 8.78 Å². The second-order valence-electron chi connectivity index (χ2n) is 5.29. The number of halogens is 3. The summed E-state index contributed by atoms with van der Waals surface area (Å²) in [5, 5.41) is 33.0. The number of carboxylic acids is 1. The molecule has 1 aromatic carbocycles. The molecule has 24 heavy (non-hydrogen) atoms. The van der Waals surface area contributed by atoms with Gasteiger partial charge < -0.3 is 20.2 Å². The second kappa shape index (κ2) is 6.34. The molecular weight excluding hydrogens is 339 g/mol. The number of nitrogens with zero attached hydrogens (tertiary/aromatic N) is 1. The Labute approximate surface area is 152 Å². The average molecular weight is 348 g/mol. The summed E-state index contributed by atoms with van der Waals surface area (Å²) in [5.74, 6) is -3.74. The van der Waals surface area contributed by atoms with E-state index in [0.717, 1.165) is 18.3 Å². The van der Waals surface area contributed by atoms with Gasteiger partial charge in [-0.2, -0.15) is 4.73 Å². The van der Waals surface area contributed by atoms with Gasteiger partial charge in [0.2, 0.25) is 5.69 Å². The Morgan fingerprint density at radius 3 is 2.67 bits per heavy atom. The van der Waals surface area contributed by atoms with Gasteiger partial charge in [0.15, 0.2) is 17.6 Å². The largest absolute Gasteiger partial charge is 1.00 e. The van der Waals surface area contributed by atoms with Crippen LogP contribution in [0.4, 0.5) is 8.78 Å². The van der Waals surface area contributed by atoms with Gasteiger partial charge in [-0.3, -0.25) is 0 Å². The number of benzene rings is 1. The van der Waals surface area contributed by atoms with Crippen LogP contribution in [0.1, 0.15) is 17.7 Å². The molecule has 0 aliphatic heterocycles. The minimum atomic E-state index is -2.42. The number of pyridine rings is 1. The zero-order valence-corrected chi connectivity index (χ0v) is 13.2. The first kappa shape index (κ1) is 18.7. The summed E-state index contributed by atoms with van der Waals surface area (Å²) in [4.78, 5) is 11.1. The van der Waals surface area contributed by atoms with E-state index in [9.17, 15) is 29.0 Å². The third-order valence-electron chi connectivity index (χ3n) is 3.93. The molecule has 0 saturated carbocycles. The van der Waals surface area contributed by atoms with Crippen molar-refractivity contribution in [2.75, 3.05) is 0 Å². The maximum atomic E-state index is 14.1. The fourth-order valence-corrected chi connectivity index (χ4v) is 2.98. The number of aliphatic hydroxyl groups is 1. The predicted octanol–water partition coefficient (Wildman–Crippen LogP) is -2.19. The third kappa shape index (κ3) is 2.68. The van der Waals surface area contributed by atoms with Crippen LogP contribution < -0.4 is 28.7 Å². The van der Waals surface area contributed by atoms with Crippen molar-refractivity contribution in [2.45, 2.75) is 18.4 Å². The van der Waals surface area contributed by atoms with Gasteiger partial charge in [0.25, 0.3) is 0 Å². The van der Waals surface area contributed by atoms with Gasteiger partial charge in [0.1, 0.15) is 5.82 Å². The molecule has 1 atom stereocenters. The first-order valence-corrected chi connectivity index (χ1v) is 6.97. The van der Waals surface area contributed by atoms with Crippen LogP contribution in [0.15, 0.2) is 24.4 Å². The Hall–Kier alpha value is -1.65. The molecule has 1 aromatic heterocycles. The molecule has 1 aliphatic carbocycles. The molecule has 2 aromatic rings.